The van der Waals surface area contributed by atoms with Crippen LogP contribution in [0.2, 0.25) is 0 Å². The van der Waals surface area contributed by atoms with E-state index in [1.165, 1.54) is 6.07 Å². The Labute approximate surface area is 64.3 Å². The second kappa shape index (κ2) is 3.34. The largest absolute Gasteiger partial charge is 0.425 e. The average molecular weight is 154 g/mol. The summed E-state index contributed by atoms with van der Waals surface area (Å²) in [6, 6.07) is 4.47. The summed E-state index contributed by atoms with van der Waals surface area (Å²) >= 11 is 0. The van der Waals surface area contributed by atoms with E-state index in [1.54, 1.807) is 12.1 Å². The number of aliphatic hydroxyl groups excluding tert-OH is 1. The predicted molar refractivity (Wildman–Crippen MR) is 40.2 cm³/mol. The summed E-state index contributed by atoms with van der Waals surface area (Å²) in [5.74, 6) is 0.333. The van der Waals surface area contributed by atoms with Crippen LogP contribution < -0.4 is 5.63 Å². The molecule has 0 saturated heterocycles. The van der Waals surface area contributed by atoms with Crippen LogP contribution in [0, 0.1) is 0 Å². The van der Waals surface area contributed by atoms with Crippen LogP contribution >= 0.6 is 0 Å². The Hall–Kier alpha value is -1.09. The molecule has 0 aromatic carbocycles. The van der Waals surface area contributed by atoms with Crippen molar-refractivity contribution in [2.24, 2.45) is 0 Å². The van der Waals surface area contributed by atoms with Gasteiger partial charge in [-0.1, -0.05) is 13.0 Å². The second-order valence-corrected chi connectivity index (χ2v) is 2.27. The summed E-state index contributed by atoms with van der Waals surface area (Å²) in [6.07, 6.45) is -0.114. The van der Waals surface area contributed by atoms with Crippen molar-refractivity contribution in [3.63, 3.8) is 0 Å². The van der Waals surface area contributed by atoms with Crippen molar-refractivity contribution in [3.05, 3.63) is 34.4 Å². The minimum absolute atomic E-state index is 0.333. The lowest BCUT2D eigenvalue weighted by molar-refractivity contribution is 0.141. The fourth-order valence-corrected chi connectivity index (χ4v) is 0.786. The molecule has 60 valence electrons. The quantitative estimate of drug-likeness (QED) is 0.693. The molecule has 0 bridgehead atoms. The Bertz CT molecular complexity index is 277. The van der Waals surface area contributed by atoms with E-state index >= 15 is 0 Å². The van der Waals surface area contributed by atoms with Gasteiger partial charge in [-0.2, -0.15) is 0 Å². The standard InChI is InChI=1S/C8H10O3/c1-2-6(9)7-4-3-5-8(10)11-7/h3-6,9H,2H2,1H3. The molecule has 0 amide bonds. The van der Waals surface area contributed by atoms with Gasteiger partial charge in [0.05, 0.1) is 0 Å². The summed E-state index contributed by atoms with van der Waals surface area (Å²) in [4.78, 5) is 10.6. The van der Waals surface area contributed by atoms with E-state index < -0.39 is 11.7 Å². The SMILES string of the molecule is CCC(O)c1cccc(=O)o1. The average Bonchev–Trinajstić information content (AvgIpc) is 2.03. The van der Waals surface area contributed by atoms with Crippen LogP contribution in [0.15, 0.2) is 27.4 Å². The lowest BCUT2D eigenvalue weighted by Crippen LogP contribution is -2.02. The zero-order valence-electron chi connectivity index (χ0n) is 6.28. The van der Waals surface area contributed by atoms with Crippen molar-refractivity contribution in [3.8, 4) is 0 Å². The highest BCUT2D eigenvalue weighted by atomic mass is 16.4. The molecule has 0 aliphatic rings. The minimum Gasteiger partial charge on any atom is -0.425 e. The van der Waals surface area contributed by atoms with Crippen LogP contribution in [-0.2, 0) is 0 Å². The predicted octanol–water partition coefficient (Wildman–Crippen LogP) is 1.08. The van der Waals surface area contributed by atoms with Gasteiger partial charge in [-0.15, -0.1) is 0 Å². The molecule has 1 heterocycles. The van der Waals surface area contributed by atoms with Gasteiger partial charge in [0.15, 0.2) is 0 Å². The molecule has 0 fully saturated rings. The molecule has 3 heteroatoms. The first kappa shape index (κ1) is 8.01. The van der Waals surface area contributed by atoms with E-state index in [0.717, 1.165) is 0 Å². The van der Waals surface area contributed by atoms with Gasteiger partial charge in [0.1, 0.15) is 11.9 Å². The van der Waals surface area contributed by atoms with E-state index in [2.05, 4.69) is 0 Å². The van der Waals surface area contributed by atoms with Crippen molar-refractivity contribution in [2.45, 2.75) is 19.4 Å². The van der Waals surface area contributed by atoms with Gasteiger partial charge >= 0.3 is 5.63 Å². The number of hydrogen-bond donors (Lipinski definition) is 1. The van der Waals surface area contributed by atoms with Crippen molar-refractivity contribution in [1.82, 2.24) is 0 Å². The highest BCUT2D eigenvalue weighted by molar-refractivity contribution is 5.01. The maximum Gasteiger partial charge on any atom is 0.335 e. The fraction of sp³-hybridized carbons (Fsp3) is 0.375. The summed E-state index contributed by atoms with van der Waals surface area (Å²) < 4.78 is 4.72. The van der Waals surface area contributed by atoms with Crippen molar-refractivity contribution < 1.29 is 9.52 Å². The number of aliphatic hydroxyl groups is 1. The van der Waals surface area contributed by atoms with Gasteiger partial charge < -0.3 is 9.52 Å². The monoisotopic (exact) mass is 154 g/mol. The van der Waals surface area contributed by atoms with E-state index in [4.69, 9.17) is 4.42 Å². The summed E-state index contributed by atoms with van der Waals surface area (Å²) in [5, 5.41) is 9.22. The third-order valence-electron chi connectivity index (χ3n) is 1.43. The third-order valence-corrected chi connectivity index (χ3v) is 1.43. The van der Waals surface area contributed by atoms with Crippen LogP contribution in [0.5, 0.6) is 0 Å². The van der Waals surface area contributed by atoms with Crippen LogP contribution in [0.25, 0.3) is 0 Å². The third kappa shape index (κ3) is 1.91. The van der Waals surface area contributed by atoms with E-state index in [1.807, 2.05) is 6.92 Å². The molecule has 0 aliphatic heterocycles. The number of hydrogen-bond acceptors (Lipinski definition) is 3. The smallest absolute Gasteiger partial charge is 0.335 e. The molecular formula is C8H10O3. The van der Waals surface area contributed by atoms with Gasteiger partial charge in [-0.25, -0.2) is 4.79 Å². The van der Waals surface area contributed by atoms with Crippen molar-refractivity contribution in [2.75, 3.05) is 0 Å². The van der Waals surface area contributed by atoms with Crippen LogP contribution in [0.1, 0.15) is 25.2 Å². The molecule has 1 N–H and O–H groups in total. The first-order chi connectivity index (χ1) is 5.24. The first-order valence-corrected chi connectivity index (χ1v) is 3.52. The molecular weight excluding hydrogens is 144 g/mol. The van der Waals surface area contributed by atoms with Crippen molar-refractivity contribution in [1.29, 1.82) is 0 Å². The Morgan fingerprint density at radius 3 is 2.91 bits per heavy atom. The lowest BCUT2D eigenvalue weighted by Gasteiger charge is -2.03. The molecule has 1 aromatic rings. The molecule has 1 unspecified atom stereocenters. The minimum atomic E-state index is -0.663. The number of rotatable bonds is 2. The lowest BCUT2D eigenvalue weighted by atomic mass is 10.2. The van der Waals surface area contributed by atoms with Crippen LogP contribution in [0.4, 0.5) is 0 Å². The topological polar surface area (TPSA) is 50.4 Å². The van der Waals surface area contributed by atoms with E-state index in [0.29, 0.717) is 12.2 Å². The van der Waals surface area contributed by atoms with Crippen LogP contribution in [-0.4, -0.2) is 5.11 Å². The molecule has 1 rings (SSSR count). The maximum atomic E-state index is 10.6. The van der Waals surface area contributed by atoms with Gasteiger partial charge in [-0.3, -0.25) is 0 Å². The van der Waals surface area contributed by atoms with Gasteiger partial charge in [-0.05, 0) is 12.5 Å². The fourth-order valence-electron chi connectivity index (χ4n) is 0.786. The van der Waals surface area contributed by atoms with Crippen LogP contribution in [0.3, 0.4) is 0 Å². The Morgan fingerprint density at radius 2 is 2.36 bits per heavy atom. The summed E-state index contributed by atoms with van der Waals surface area (Å²) in [6.45, 7) is 1.82. The highest BCUT2D eigenvalue weighted by Gasteiger charge is 2.06. The molecule has 0 aliphatic carbocycles. The second-order valence-electron chi connectivity index (χ2n) is 2.27. The Kier molecular flexibility index (Phi) is 2.44. The van der Waals surface area contributed by atoms with Gasteiger partial charge in [0.2, 0.25) is 0 Å². The van der Waals surface area contributed by atoms with E-state index in [-0.39, 0.29) is 0 Å². The zero-order valence-corrected chi connectivity index (χ0v) is 6.28. The molecule has 11 heavy (non-hydrogen) atoms. The van der Waals surface area contributed by atoms with Gasteiger partial charge in [0, 0.05) is 6.07 Å². The molecule has 0 radical (unpaired) electrons. The first-order valence-electron chi connectivity index (χ1n) is 3.52. The Morgan fingerprint density at radius 1 is 1.64 bits per heavy atom. The molecule has 0 spiro atoms. The summed E-state index contributed by atoms with van der Waals surface area (Å²) in [5.41, 5.74) is -0.421. The van der Waals surface area contributed by atoms with Crippen molar-refractivity contribution >= 4 is 0 Å². The zero-order chi connectivity index (χ0) is 8.27. The molecule has 1 aromatic heterocycles. The normalized spacial score (nSPS) is 12.9. The maximum absolute atomic E-state index is 10.6. The van der Waals surface area contributed by atoms with E-state index in [9.17, 15) is 9.90 Å². The molecule has 0 saturated carbocycles. The van der Waals surface area contributed by atoms with Gasteiger partial charge in [0.25, 0.3) is 0 Å². The molecule has 1 atom stereocenters. The molecule has 3 nitrogen and oxygen atoms in total. The Balaban J connectivity index is 2.96. The summed E-state index contributed by atoms with van der Waals surface area (Å²) in [7, 11) is 0. The highest BCUT2D eigenvalue weighted by Crippen LogP contribution is 2.12.